The van der Waals surface area contributed by atoms with Crippen molar-refractivity contribution in [3.63, 3.8) is 0 Å². The Labute approximate surface area is 181 Å². The molecule has 0 aliphatic carbocycles. The summed E-state index contributed by atoms with van der Waals surface area (Å²) in [6.45, 7) is 1.89. The van der Waals surface area contributed by atoms with Gasteiger partial charge < -0.3 is 14.4 Å². The van der Waals surface area contributed by atoms with Crippen molar-refractivity contribution in [1.82, 2.24) is 14.4 Å². The number of carbonyl (C=O) groups is 2. The van der Waals surface area contributed by atoms with Gasteiger partial charge in [0.1, 0.15) is 0 Å². The van der Waals surface area contributed by atoms with Crippen molar-refractivity contribution in [2.24, 2.45) is 13.0 Å². The molecule has 3 heterocycles. The first-order valence-electron chi connectivity index (χ1n) is 10.1. The largest absolute Gasteiger partial charge is 0.353 e. The van der Waals surface area contributed by atoms with Gasteiger partial charge in [-0.15, -0.1) is 0 Å². The summed E-state index contributed by atoms with van der Waals surface area (Å²) in [7, 11) is 2.02. The molecule has 2 atom stereocenters. The number of hydrogen-bond acceptors (Lipinski definition) is 2. The van der Waals surface area contributed by atoms with Crippen LogP contribution in [0, 0.1) is 5.92 Å². The maximum atomic E-state index is 13.4. The third-order valence-corrected chi connectivity index (χ3v) is 6.82. The van der Waals surface area contributed by atoms with Crippen molar-refractivity contribution in [1.29, 1.82) is 0 Å². The monoisotopic (exact) mass is 433 g/mol. The Hall–Kier alpha value is -1.98. The number of aryl methyl sites for hydroxylation is 1. The summed E-state index contributed by atoms with van der Waals surface area (Å²) in [6.07, 6.45) is 5.67. The molecule has 154 valence electrons. The van der Waals surface area contributed by atoms with Crippen LogP contribution in [0.5, 0.6) is 0 Å². The Bertz CT molecular complexity index is 927. The van der Waals surface area contributed by atoms with Gasteiger partial charge in [-0.3, -0.25) is 9.59 Å². The lowest BCUT2D eigenvalue weighted by molar-refractivity contribution is -0.138. The van der Waals surface area contributed by atoms with E-state index in [0.717, 1.165) is 32.2 Å². The molecule has 0 saturated carbocycles. The molecular weight excluding hydrogens is 409 g/mol. The fourth-order valence-corrected chi connectivity index (χ4v) is 4.87. The number of aromatic nitrogens is 1. The third-order valence-electron chi connectivity index (χ3n) is 6.09. The van der Waals surface area contributed by atoms with Gasteiger partial charge in [0, 0.05) is 44.1 Å². The van der Waals surface area contributed by atoms with Crippen LogP contribution in [-0.4, -0.2) is 45.8 Å². The van der Waals surface area contributed by atoms with E-state index in [1.165, 1.54) is 5.69 Å². The van der Waals surface area contributed by atoms with E-state index in [1.54, 1.807) is 23.1 Å². The maximum Gasteiger partial charge on any atom is 0.253 e. The number of rotatable bonds is 3. The number of halogens is 2. The van der Waals surface area contributed by atoms with E-state index in [1.807, 2.05) is 24.2 Å². The number of benzene rings is 1. The van der Waals surface area contributed by atoms with Gasteiger partial charge in [0.25, 0.3) is 5.91 Å². The quantitative estimate of drug-likeness (QED) is 0.712. The molecule has 0 bridgehead atoms. The van der Waals surface area contributed by atoms with Crippen molar-refractivity contribution in [3.8, 4) is 0 Å². The minimum atomic E-state index is -0.156. The summed E-state index contributed by atoms with van der Waals surface area (Å²) in [5.41, 5.74) is 1.69. The molecule has 2 aliphatic rings. The molecule has 2 unspecified atom stereocenters. The Kier molecular flexibility index (Phi) is 5.88. The predicted molar refractivity (Wildman–Crippen MR) is 114 cm³/mol. The average Bonchev–Trinajstić information content (AvgIpc) is 3.37. The van der Waals surface area contributed by atoms with Crippen LogP contribution in [0.25, 0.3) is 0 Å². The molecule has 1 aromatic carbocycles. The zero-order valence-electron chi connectivity index (χ0n) is 16.5. The molecule has 1 aromatic heterocycles. The van der Waals surface area contributed by atoms with Crippen molar-refractivity contribution < 1.29 is 9.59 Å². The molecule has 0 spiro atoms. The van der Waals surface area contributed by atoms with E-state index in [9.17, 15) is 9.59 Å². The Morgan fingerprint density at radius 3 is 2.55 bits per heavy atom. The zero-order chi connectivity index (χ0) is 20.5. The second-order valence-electron chi connectivity index (χ2n) is 7.95. The number of amides is 2. The Morgan fingerprint density at radius 2 is 1.83 bits per heavy atom. The van der Waals surface area contributed by atoms with E-state index in [2.05, 4.69) is 10.6 Å². The molecule has 2 saturated heterocycles. The van der Waals surface area contributed by atoms with Gasteiger partial charge in [0.2, 0.25) is 5.91 Å². The molecule has 7 heteroatoms. The van der Waals surface area contributed by atoms with Crippen LogP contribution < -0.4 is 0 Å². The van der Waals surface area contributed by atoms with E-state index >= 15 is 0 Å². The first-order valence-corrected chi connectivity index (χ1v) is 10.9. The number of hydrogen-bond donors (Lipinski definition) is 0. The summed E-state index contributed by atoms with van der Waals surface area (Å²) >= 11 is 12.0. The molecule has 2 amide bonds. The highest BCUT2D eigenvalue weighted by Crippen LogP contribution is 2.34. The van der Waals surface area contributed by atoms with Crippen LogP contribution in [0.3, 0.4) is 0 Å². The van der Waals surface area contributed by atoms with Crippen molar-refractivity contribution in [3.05, 3.63) is 57.8 Å². The topological polar surface area (TPSA) is 45.6 Å². The van der Waals surface area contributed by atoms with Crippen molar-refractivity contribution in [2.45, 2.75) is 31.7 Å². The lowest BCUT2D eigenvalue weighted by atomic mass is 9.95. The molecule has 2 fully saturated rings. The molecule has 5 nitrogen and oxygen atoms in total. The molecule has 0 N–H and O–H groups in total. The van der Waals surface area contributed by atoms with Gasteiger partial charge in [-0.25, -0.2) is 0 Å². The second-order valence-corrected chi connectivity index (χ2v) is 8.77. The standard InChI is InChI=1S/C22H25Cl2N3O2/c1-25-10-3-6-19(25)20-7-4-12-27(20)22(29)16-5-2-11-26(14-16)21(28)15-8-9-17(23)18(24)13-15/h3,6,8-10,13,16,20H,2,4-5,7,11-12,14H2,1H3. The number of piperidine rings is 1. The second kappa shape index (κ2) is 8.41. The van der Waals surface area contributed by atoms with Crippen molar-refractivity contribution >= 4 is 35.0 Å². The maximum absolute atomic E-state index is 13.4. The van der Waals surface area contributed by atoms with Crippen LogP contribution in [-0.2, 0) is 11.8 Å². The smallest absolute Gasteiger partial charge is 0.253 e. The molecule has 0 radical (unpaired) electrons. The first-order chi connectivity index (χ1) is 14.0. The Morgan fingerprint density at radius 1 is 1.03 bits per heavy atom. The predicted octanol–water partition coefficient (Wildman–Crippen LogP) is 4.55. The number of likely N-dealkylation sites (tertiary alicyclic amines) is 2. The highest BCUT2D eigenvalue weighted by Gasteiger charge is 2.37. The summed E-state index contributed by atoms with van der Waals surface area (Å²) in [6, 6.07) is 9.17. The van der Waals surface area contributed by atoms with E-state index in [4.69, 9.17) is 23.2 Å². The zero-order valence-corrected chi connectivity index (χ0v) is 18.0. The lowest BCUT2D eigenvalue weighted by Crippen LogP contribution is -2.46. The SMILES string of the molecule is Cn1cccc1C1CCCN1C(=O)C1CCCN(C(=O)c2ccc(Cl)c(Cl)c2)C1. The van der Waals surface area contributed by atoms with Gasteiger partial charge in [0.15, 0.2) is 0 Å². The van der Waals surface area contributed by atoms with Crippen LogP contribution in [0.1, 0.15) is 47.8 Å². The van der Waals surface area contributed by atoms with E-state index in [-0.39, 0.29) is 23.8 Å². The van der Waals surface area contributed by atoms with E-state index < -0.39 is 0 Å². The number of carbonyl (C=O) groups excluding carboxylic acids is 2. The van der Waals surface area contributed by atoms with Gasteiger partial charge in [-0.2, -0.15) is 0 Å². The van der Waals surface area contributed by atoms with E-state index in [0.29, 0.717) is 28.7 Å². The molecule has 29 heavy (non-hydrogen) atoms. The molecule has 2 aliphatic heterocycles. The molecular formula is C22H25Cl2N3O2. The third kappa shape index (κ3) is 4.03. The summed E-state index contributed by atoms with van der Waals surface area (Å²) in [5, 5.41) is 0.792. The normalized spacial score (nSPS) is 22.2. The fourth-order valence-electron chi connectivity index (χ4n) is 4.57. The van der Waals surface area contributed by atoms with Gasteiger partial charge >= 0.3 is 0 Å². The van der Waals surface area contributed by atoms with Gasteiger partial charge in [0.05, 0.1) is 22.0 Å². The average molecular weight is 434 g/mol. The fraction of sp³-hybridized carbons (Fsp3) is 0.455. The Balaban J connectivity index is 1.47. The highest BCUT2D eigenvalue weighted by atomic mass is 35.5. The molecule has 4 rings (SSSR count). The van der Waals surface area contributed by atoms with Crippen LogP contribution in [0.4, 0.5) is 0 Å². The van der Waals surface area contributed by atoms with Crippen LogP contribution in [0.2, 0.25) is 10.0 Å². The summed E-state index contributed by atoms with van der Waals surface area (Å²) in [4.78, 5) is 30.1. The highest BCUT2D eigenvalue weighted by molar-refractivity contribution is 6.42. The first kappa shape index (κ1) is 20.3. The van der Waals surface area contributed by atoms with Crippen LogP contribution >= 0.6 is 23.2 Å². The van der Waals surface area contributed by atoms with Crippen molar-refractivity contribution in [2.75, 3.05) is 19.6 Å². The minimum Gasteiger partial charge on any atom is -0.353 e. The lowest BCUT2D eigenvalue weighted by Gasteiger charge is -2.36. The van der Waals surface area contributed by atoms with Crippen LogP contribution in [0.15, 0.2) is 36.5 Å². The van der Waals surface area contributed by atoms with Gasteiger partial charge in [-0.1, -0.05) is 23.2 Å². The summed E-state index contributed by atoms with van der Waals surface area (Å²) in [5.74, 6) is -0.0850. The minimum absolute atomic E-state index is 0.0959. The summed E-state index contributed by atoms with van der Waals surface area (Å²) < 4.78 is 2.09. The number of nitrogens with zero attached hydrogens (tertiary/aromatic N) is 3. The van der Waals surface area contributed by atoms with Gasteiger partial charge in [-0.05, 0) is 56.0 Å². The molecule has 2 aromatic rings.